The van der Waals surface area contributed by atoms with E-state index in [1.165, 1.54) is 51.4 Å². The molecule has 0 saturated heterocycles. The lowest BCUT2D eigenvalue weighted by atomic mass is 9.68. The van der Waals surface area contributed by atoms with Crippen molar-refractivity contribution in [1.82, 2.24) is 0 Å². The van der Waals surface area contributed by atoms with E-state index in [2.05, 4.69) is 25.1 Å². The number of halogens is 1. The van der Waals surface area contributed by atoms with Crippen LogP contribution in [0.3, 0.4) is 0 Å². The highest BCUT2D eigenvalue weighted by atomic mass is 19.1. The Bertz CT molecular complexity index is 854. The summed E-state index contributed by atoms with van der Waals surface area (Å²) in [7, 11) is 1.65. The molecule has 0 bridgehead atoms. The van der Waals surface area contributed by atoms with Gasteiger partial charge >= 0.3 is 0 Å². The molecule has 162 valence electrons. The number of fused-ring (bicyclic) bond motifs is 1. The van der Waals surface area contributed by atoms with Gasteiger partial charge in [-0.15, -0.1) is 0 Å². The van der Waals surface area contributed by atoms with E-state index in [1.807, 2.05) is 24.3 Å². The SMILES string of the molecule is CCC/C=C/C1CCC(C2CCC(c3ccc4cc(OC)ccc4c3F)CC2)CC1. The number of unbranched alkanes of at least 4 members (excludes halogenated alkanes) is 1. The molecule has 0 radical (unpaired) electrons. The maximum absolute atomic E-state index is 15.3. The molecule has 0 aromatic heterocycles. The number of allylic oxidation sites excluding steroid dienone is 2. The minimum atomic E-state index is -0.0158. The quantitative estimate of drug-likeness (QED) is 0.436. The van der Waals surface area contributed by atoms with Gasteiger partial charge in [-0.05, 0) is 111 Å². The number of ether oxygens (including phenoxy) is 1. The van der Waals surface area contributed by atoms with Crippen molar-refractivity contribution in [2.75, 3.05) is 7.11 Å². The summed E-state index contributed by atoms with van der Waals surface area (Å²) < 4.78 is 20.5. The Hall–Kier alpha value is -1.83. The molecule has 2 aliphatic carbocycles. The molecule has 30 heavy (non-hydrogen) atoms. The summed E-state index contributed by atoms with van der Waals surface area (Å²) >= 11 is 0. The summed E-state index contributed by atoms with van der Waals surface area (Å²) in [4.78, 5) is 0. The van der Waals surface area contributed by atoms with Gasteiger partial charge in [0.2, 0.25) is 0 Å². The number of methoxy groups -OCH3 is 1. The first-order valence-corrected chi connectivity index (χ1v) is 12.1. The smallest absolute Gasteiger partial charge is 0.134 e. The Morgan fingerprint density at radius 1 is 0.933 bits per heavy atom. The van der Waals surface area contributed by atoms with E-state index in [0.29, 0.717) is 5.92 Å². The summed E-state index contributed by atoms with van der Waals surface area (Å²) in [6.45, 7) is 2.25. The number of rotatable bonds is 6. The zero-order valence-electron chi connectivity index (χ0n) is 18.7. The second-order valence-corrected chi connectivity index (χ2v) is 9.56. The topological polar surface area (TPSA) is 9.23 Å². The molecule has 4 rings (SSSR count). The lowest BCUT2D eigenvalue weighted by Crippen LogP contribution is -2.25. The highest BCUT2D eigenvalue weighted by Crippen LogP contribution is 2.45. The summed E-state index contributed by atoms with van der Waals surface area (Å²) in [5.74, 6) is 3.71. The van der Waals surface area contributed by atoms with Gasteiger partial charge in [-0.3, -0.25) is 0 Å². The normalized spacial score (nSPS) is 27.6. The van der Waals surface area contributed by atoms with Crippen LogP contribution in [0.1, 0.15) is 82.6 Å². The molecule has 0 aliphatic heterocycles. The van der Waals surface area contributed by atoms with Crippen LogP contribution in [0.15, 0.2) is 42.5 Å². The summed E-state index contributed by atoms with van der Waals surface area (Å²) in [5.41, 5.74) is 0.927. The van der Waals surface area contributed by atoms with Crippen LogP contribution in [0.2, 0.25) is 0 Å². The lowest BCUT2D eigenvalue weighted by Gasteiger charge is -2.37. The third-order valence-electron chi connectivity index (χ3n) is 7.75. The summed E-state index contributed by atoms with van der Waals surface area (Å²) in [5, 5.41) is 1.65. The van der Waals surface area contributed by atoms with Crippen LogP contribution in [-0.2, 0) is 0 Å². The summed E-state index contributed by atoms with van der Waals surface area (Å²) in [6, 6.07) is 9.74. The molecular weight excluding hydrogens is 371 g/mol. The van der Waals surface area contributed by atoms with Gasteiger partial charge in [0.05, 0.1) is 7.11 Å². The van der Waals surface area contributed by atoms with Crippen LogP contribution in [0, 0.1) is 23.6 Å². The zero-order valence-corrected chi connectivity index (χ0v) is 18.7. The maximum Gasteiger partial charge on any atom is 0.134 e. The second kappa shape index (κ2) is 9.98. The number of benzene rings is 2. The molecule has 0 unspecified atom stereocenters. The Kier molecular flexibility index (Phi) is 7.12. The van der Waals surface area contributed by atoms with Gasteiger partial charge in [0.15, 0.2) is 0 Å². The van der Waals surface area contributed by atoms with Crippen LogP contribution in [0.5, 0.6) is 5.75 Å². The molecule has 2 aromatic rings. The van der Waals surface area contributed by atoms with E-state index in [9.17, 15) is 0 Å². The third-order valence-corrected chi connectivity index (χ3v) is 7.75. The minimum Gasteiger partial charge on any atom is -0.497 e. The monoisotopic (exact) mass is 408 g/mol. The van der Waals surface area contributed by atoms with Crippen molar-refractivity contribution in [1.29, 1.82) is 0 Å². The molecule has 2 aromatic carbocycles. The Morgan fingerprint density at radius 2 is 1.63 bits per heavy atom. The van der Waals surface area contributed by atoms with Gasteiger partial charge in [-0.1, -0.05) is 37.6 Å². The predicted molar refractivity (Wildman–Crippen MR) is 125 cm³/mol. The third kappa shape index (κ3) is 4.74. The van der Waals surface area contributed by atoms with Gasteiger partial charge in [0, 0.05) is 5.39 Å². The molecular formula is C28H37FO. The Morgan fingerprint density at radius 3 is 2.30 bits per heavy atom. The van der Waals surface area contributed by atoms with Crippen LogP contribution in [0.25, 0.3) is 10.8 Å². The molecule has 2 saturated carbocycles. The van der Waals surface area contributed by atoms with Crippen LogP contribution >= 0.6 is 0 Å². The second-order valence-electron chi connectivity index (χ2n) is 9.56. The molecule has 0 atom stereocenters. The fourth-order valence-electron chi connectivity index (χ4n) is 5.89. The first kappa shape index (κ1) is 21.4. The van der Waals surface area contributed by atoms with E-state index >= 15 is 4.39 Å². The van der Waals surface area contributed by atoms with Crippen molar-refractivity contribution in [3.63, 3.8) is 0 Å². The number of hydrogen-bond acceptors (Lipinski definition) is 1. The molecule has 1 nitrogen and oxygen atoms in total. The van der Waals surface area contributed by atoms with Crippen molar-refractivity contribution >= 4 is 10.8 Å². The first-order chi connectivity index (χ1) is 14.7. The van der Waals surface area contributed by atoms with Crippen molar-refractivity contribution in [3.8, 4) is 5.75 Å². The highest BCUT2D eigenvalue weighted by molar-refractivity contribution is 5.85. The van der Waals surface area contributed by atoms with Crippen LogP contribution < -0.4 is 4.74 Å². The van der Waals surface area contributed by atoms with Gasteiger partial charge in [0.25, 0.3) is 0 Å². The largest absolute Gasteiger partial charge is 0.497 e. The summed E-state index contributed by atoms with van der Waals surface area (Å²) in [6.07, 6.45) is 17.7. The highest BCUT2D eigenvalue weighted by Gasteiger charge is 2.31. The molecule has 0 N–H and O–H groups in total. The molecule has 2 heteroatoms. The van der Waals surface area contributed by atoms with Gasteiger partial charge in [-0.25, -0.2) is 4.39 Å². The van der Waals surface area contributed by atoms with Crippen LogP contribution in [-0.4, -0.2) is 7.11 Å². The van der Waals surface area contributed by atoms with Gasteiger partial charge in [0.1, 0.15) is 11.6 Å². The van der Waals surface area contributed by atoms with E-state index < -0.39 is 0 Å². The molecule has 0 heterocycles. The van der Waals surface area contributed by atoms with Crippen molar-refractivity contribution in [2.24, 2.45) is 17.8 Å². The fraction of sp³-hybridized carbons (Fsp3) is 0.571. The van der Waals surface area contributed by atoms with E-state index in [4.69, 9.17) is 4.74 Å². The average molecular weight is 409 g/mol. The fourth-order valence-corrected chi connectivity index (χ4v) is 5.89. The Labute approximate surface area is 181 Å². The maximum atomic E-state index is 15.3. The van der Waals surface area contributed by atoms with Crippen molar-refractivity contribution in [3.05, 3.63) is 53.9 Å². The Balaban J connectivity index is 1.34. The van der Waals surface area contributed by atoms with E-state index in [0.717, 1.165) is 52.7 Å². The van der Waals surface area contributed by atoms with Crippen LogP contribution in [0.4, 0.5) is 4.39 Å². The average Bonchev–Trinajstić information content (AvgIpc) is 2.80. The molecule has 0 spiro atoms. The standard InChI is InChI=1S/C28H37FO/c1-3-4-5-6-20-7-9-21(10-8-20)22-11-13-23(14-12-22)26-17-15-24-19-25(30-2)16-18-27(24)28(26)29/h5-6,15-23H,3-4,7-14H2,1-2H3/b6-5+. The zero-order chi connectivity index (χ0) is 20.9. The van der Waals surface area contributed by atoms with Crippen molar-refractivity contribution in [2.45, 2.75) is 77.0 Å². The number of hydrogen-bond donors (Lipinski definition) is 0. The first-order valence-electron chi connectivity index (χ1n) is 12.1. The van der Waals surface area contributed by atoms with E-state index in [1.54, 1.807) is 7.11 Å². The minimum absolute atomic E-state index is 0.0158. The van der Waals surface area contributed by atoms with Gasteiger partial charge < -0.3 is 4.74 Å². The lowest BCUT2D eigenvalue weighted by molar-refractivity contribution is 0.171. The molecule has 0 amide bonds. The van der Waals surface area contributed by atoms with E-state index in [-0.39, 0.29) is 5.82 Å². The molecule has 2 aliphatic rings. The van der Waals surface area contributed by atoms with Gasteiger partial charge in [-0.2, -0.15) is 0 Å². The van der Waals surface area contributed by atoms with Crippen molar-refractivity contribution < 1.29 is 9.13 Å². The molecule has 2 fully saturated rings. The predicted octanol–water partition coefficient (Wildman–Crippen LogP) is 8.42.